The Morgan fingerprint density at radius 2 is 1.89 bits per heavy atom. The van der Waals surface area contributed by atoms with Crippen molar-refractivity contribution < 1.29 is 4.79 Å². The Morgan fingerprint density at radius 3 is 2.67 bits per heavy atom. The van der Waals surface area contributed by atoms with Crippen molar-refractivity contribution >= 4 is 32.6 Å². The van der Waals surface area contributed by atoms with E-state index in [1.165, 1.54) is 0 Å². The first-order valence-electron chi connectivity index (χ1n) is 8.79. The quantitative estimate of drug-likeness (QED) is 0.506. The number of aryl methyl sites for hydroxylation is 1. The molecule has 0 fully saturated rings. The minimum Gasteiger partial charge on any atom is -0.283 e. The lowest BCUT2D eigenvalue weighted by molar-refractivity contribution is -0.118. The fourth-order valence-electron chi connectivity index (χ4n) is 3.00. The van der Waals surface area contributed by atoms with Gasteiger partial charge in [0.05, 0.1) is 23.2 Å². The fourth-order valence-corrected chi connectivity index (χ4v) is 3.99. The van der Waals surface area contributed by atoms with Crippen molar-refractivity contribution in [1.29, 1.82) is 0 Å². The van der Waals surface area contributed by atoms with E-state index in [2.05, 4.69) is 11.1 Å². The number of fused-ring (bicyclic) bond motifs is 1. The zero-order chi connectivity index (χ0) is 18.6. The molecule has 4 nitrogen and oxygen atoms in total. The monoisotopic (exact) mass is 373 g/mol. The first-order chi connectivity index (χ1) is 13.2. The van der Waals surface area contributed by atoms with E-state index in [4.69, 9.17) is 4.98 Å². The van der Waals surface area contributed by atoms with Crippen molar-refractivity contribution in [3.8, 4) is 0 Å². The van der Waals surface area contributed by atoms with Gasteiger partial charge in [0, 0.05) is 12.4 Å². The highest BCUT2D eigenvalue weighted by atomic mass is 32.1. The molecule has 0 atom stereocenters. The molecule has 1 amide bonds. The summed E-state index contributed by atoms with van der Waals surface area (Å²) in [6, 6.07) is 19.9. The van der Waals surface area contributed by atoms with Crippen LogP contribution in [0.1, 0.15) is 16.7 Å². The molecular formula is C22H19N3OS. The second kappa shape index (κ2) is 7.68. The maximum Gasteiger partial charge on any atom is 0.233 e. The van der Waals surface area contributed by atoms with Gasteiger partial charge in [0.1, 0.15) is 0 Å². The van der Waals surface area contributed by atoms with Crippen LogP contribution in [0.3, 0.4) is 0 Å². The van der Waals surface area contributed by atoms with Crippen molar-refractivity contribution in [3.63, 3.8) is 0 Å². The molecule has 2 heterocycles. The lowest BCUT2D eigenvalue weighted by atomic mass is 10.1. The van der Waals surface area contributed by atoms with Crippen LogP contribution in [0.25, 0.3) is 10.2 Å². The molecular weight excluding hydrogens is 354 g/mol. The van der Waals surface area contributed by atoms with Gasteiger partial charge in [-0.2, -0.15) is 0 Å². The maximum atomic E-state index is 13.2. The molecule has 2 aromatic carbocycles. The van der Waals surface area contributed by atoms with E-state index < -0.39 is 0 Å². The molecule has 27 heavy (non-hydrogen) atoms. The van der Waals surface area contributed by atoms with E-state index in [9.17, 15) is 4.79 Å². The number of carbonyl (C=O) groups excluding carboxylic acids is 1. The Bertz CT molecular complexity index is 1040. The van der Waals surface area contributed by atoms with Crippen LogP contribution < -0.4 is 4.90 Å². The summed E-state index contributed by atoms with van der Waals surface area (Å²) < 4.78 is 1.08. The zero-order valence-electron chi connectivity index (χ0n) is 15.0. The molecule has 0 N–H and O–H groups in total. The average Bonchev–Trinajstić information content (AvgIpc) is 3.10. The van der Waals surface area contributed by atoms with Gasteiger partial charge in [0.25, 0.3) is 0 Å². The number of pyridine rings is 1. The molecule has 0 bridgehead atoms. The molecule has 0 saturated heterocycles. The number of amides is 1. The van der Waals surface area contributed by atoms with Gasteiger partial charge in [-0.3, -0.25) is 14.7 Å². The van der Waals surface area contributed by atoms with E-state index in [1.807, 2.05) is 61.5 Å². The number of hydrogen-bond acceptors (Lipinski definition) is 4. The molecule has 0 aliphatic rings. The topological polar surface area (TPSA) is 46.1 Å². The number of benzene rings is 2. The van der Waals surface area contributed by atoms with Crippen LogP contribution >= 0.6 is 11.3 Å². The lowest BCUT2D eigenvalue weighted by Crippen LogP contribution is -2.31. The van der Waals surface area contributed by atoms with Gasteiger partial charge in [0.15, 0.2) is 5.13 Å². The molecule has 0 spiro atoms. The molecule has 0 radical (unpaired) electrons. The third-order valence-electron chi connectivity index (χ3n) is 4.32. The van der Waals surface area contributed by atoms with E-state index in [-0.39, 0.29) is 5.91 Å². The zero-order valence-corrected chi connectivity index (χ0v) is 15.8. The van der Waals surface area contributed by atoms with E-state index in [0.29, 0.717) is 13.0 Å². The lowest BCUT2D eigenvalue weighted by Gasteiger charge is -2.20. The molecule has 0 aliphatic heterocycles. The van der Waals surface area contributed by atoms with Gasteiger partial charge in [-0.25, -0.2) is 4.98 Å². The summed E-state index contributed by atoms with van der Waals surface area (Å²) in [5, 5.41) is 0.720. The maximum absolute atomic E-state index is 13.2. The minimum atomic E-state index is 0.0310. The highest BCUT2D eigenvalue weighted by Crippen LogP contribution is 2.30. The van der Waals surface area contributed by atoms with Gasteiger partial charge in [-0.05, 0) is 36.2 Å². The molecule has 0 saturated carbocycles. The van der Waals surface area contributed by atoms with Crippen LogP contribution in [-0.2, 0) is 17.8 Å². The number of aromatic nitrogens is 2. The van der Waals surface area contributed by atoms with Gasteiger partial charge in [-0.1, -0.05) is 59.4 Å². The Hall–Kier alpha value is -3.05. The molecule has 2 aromatic heterocycles. The number of hydrogen-bond donors (Lipinski definition) is 0. The number of anilines is 1. The van der Waals surface area contributed by atoms with Crippen molar-refractivity contribution in [2.45, 2.75) is 19.9 Å². The summed E-state index contributed by atoms with van der Waals surface area (Å²) in [5.74, 6) is 0.0310. The first kappa shape index (κ1) is 17.4. The van der Waals surface area contributed by atoms with Crippen LogP contribution in [0.15, 0.2) is 73.1 Å². The number of rotatable bonds is 5. The minimum absolute atomic E-state index is 0.0310. The summed E-state index contributed by atoms with van der Waals surface area (Å²) in [4.78, 5) is 23.8. The van der Waals surface area contributed by atoms with Gasteiger partial charge < -0.3 is 0 Å². The predicted octanol–water partition coefficient (Wildman–Crippen LogP) is 4.78. The van der Waals surface area contributed by atoms with Gasteiger partial charge >= 0.3 is 0 Å². The van der Waals surface area contributed by atoms with E-state index >= 15 is 0 Å². The number of para-hydroxylation sites is 1. The van der Waals surface area contributed by atoms with Crippen LogP contribution in [0, 0.1) is 6.92 Å². The molecule has 5 heteroatoms. The smallest absolute Gasteiger partial charge is 0.233 e. The number of thiazole rings is 1. The Morgan fingerprint density at radius 1 is 1.04 bits per heavy atom. The summed E-state index contributed by atoms with van der Waals surface area (Å²) in [7, 11) is 0. The molecule has 4 aromatic rings. The van der Waals surface area contributed by atoms with Gasteiger partial charge in [-0.15, -0.1) is 0 Å². The van der Waals surface area contributed by atoms with E-state index in [0.717, 1.165) is 32.0 Å². The second-order valence-electron chi connectivity index (χ2n) is 6.47. The van der Waals surface area contributed by atoms with Crippen LogP contribution in [0.4, 0.5) is 5.13 Å². The Balaban J connectivity index is 1.67. The predicted molar refractivity (Wildman–Crippen MR) is 110 cm³/mol. The number of carbonyl (C=O) groups is 1. The largest absolute Gasteiger partial charge is 0.283 e. The average molecular weight is 373 g/mol. The molecule has 0 unspecified atom stereocenters. The first-order valence-corrected chi connectivity index (χ1v) is 9.61. The molecule has 0 aliphatic carbocycles. The SMILES string of the molecule is Cc1cccc(CC(=O)N(Cc2cccnc2)c2nc3ccccc3s2)c1. The molecule has 4 rings (SSSR count). The van der Waals surface area contributed by atoms with Crippen molar-refractivity contribution in [1.82, 2.24) is 9.97 Å². The normalized spacial score (nSPS) is 10.9. The van der Waals surface area contributed by atoms with Crippen LogP contribution in [0.5, 0.6) is 0 Å². The second-order valence-corrected chi connectivity index (χ2v) is 7.48. The highest BCUT2D eigenvalue weighted by Gasteiger charge is 2.20. The van der Waals surface area contributed by atoms with Crippen molar-refractivity contribution in [3.05, 3.63) is 89.7 Å². The third kappa shape index (κ3) is 4.04. The summed E-state index contributed by atoms with van der Waals surface area (Å²) in [6.45, 7) is 2.49. The summed E-state index contributed by atoms with van der Waals surface area (Å²) in [6.07, 6.45) is 3.87. The number of nitrogens with zero attached hydrogens (tertiary/aromatic N) is 3. The summed E-state index contributed by atoms with van der Waals surface area (Å²) in [5.41, 5.74) is 4.06. The summed E-state index contributed by atoms with van der Waals surface area (Å²) >= 11 is 1.54. The Kier molecular flexibility index (Phi) is 4.94. The van der Waals surface area contributed by atoms with Crippen molar-refractivity contribution in [2.24, 2.45) is 0 Å². The third-order valence-corrected chi connectivity index (χ3v) is 5.38. The van der Waals surface area contributed by atoms with Crippen LogP contribution in [0.2, 0.25) is 0 Å². The van der Waals surface area contributed by atoms with Crippen molar-refractivity contribution in [2.75, 3.05) is 4.90 Å². The highest BCUT2D eigenvalue weighted by molar-refractivity contribution is 7.22. The molecule has 134 valence electrons. The van der Waals surface area contributed by atoms with Crippen LogP contribution in [-0.4, -0.2) is 15.9 Å². The van der Waals surface area contributed by atoms with E-state index in [1.54, 1.807) is 28.6 Å². The standard InChI is InChI=1S/C22H19N3OS/c1-16-6-4-7-17(12-16)13-21(26)25(15-18-8-5-11-23-14-18)22-24-19-9-2-3-10-20(19)27-22/h2-12,14H,13,15H2,1H3. The Labute approximate surface area is 162 Å². The fraction of sp³-hybridized carbons (Fsp3) is 0.136. The van der Waals surface area contributed by atoms with Gasteiger partial charge in [0.2, 0.25) is 5.91 Å².